The van der Waals surface area contributed by atoms with Gasteiger partial charge in [0.05, 0.1) is 12.0 Å². The Labute approximate surface area is 60.6 Å². The molecule has 2 rings (SSSR count). The van der Waals surface area contributed by atoms with Gasteiger partial charge < -0.3 is 4.74 Å². The zero-order valence-electron chi connectivity index (χ0n) is 6.17. The molecule has 2 heteroatoms. The molecule has 0 aromatic heterocycles. The van der Waals surface area contributed by atoms with E-state index in [0.29, 0.717) is 17.6 Å². The van der Waals surface area contributed by atoms with Gasteiger partial charge in [-0.15, -0.1) is 0 Å². The first-order valence-electron chi connectivity index (χ1n) is 3.91. The summed E-state index contributed by atoms with van der Waals surface area (Å²) in [5, 5.41) is 0. The summed E-state index contributed by atoms with van der Waals surface area (Å²) >= 11 is 0. The summed E-state index contributed by atoms with van der Waals surface area (Å²) in [6, 6.07) is 0. The van der Waals surface area contributed by atoms with Crippen molar-refractivity contribution in [2.45, 2.75) is 25.4 Å². The van der Waals surface area contributed by atoms with Crippen molar-refractivity contribution in [3.63, 3.8) is 0 Å². The summed E-state index contributed by atoms with van der Waals surface area (Å²) < 4.78 is 5.19. The van der Waals surface area contributed by atoms with E-state index >= 15 is 0 Å². The van der Waals surface area contributed by atoms with Crippen LogP contribution in [-0.4, -0.2) is 19.0 Å². The molecule has 2 aliphatic carbocycles. The van der Waals surface area contributed by atoms with E-state index in [1.54, 1.807) is 7.11 Å². The number of rotatable bonds is 1. The fraction of sp³-hybridized carbons (Fsp3) is 0.875. The molecule has 0 aromatic carbocycles. The number of carbonyl (C=O) groups excluding carboxylic acids is 1. The fourth-order valence-electron chi connectivity index (χ4n) is 2.06. The minimum Gasteiger partial charge on any atom is -0.381 e. The van der Waals surface area contributed by atoms with Crippen LogP contribution in [-0.2, 0) is 9.53 Å². The first-order valence-corrected chi connectivity index (χ1v) is 3.91. The Morgan fingerprint density at radius 3 is 2.90 bits per heavy atom. The van der Waals surface area contributed by atoms with E-state index in [4.69, 9.17) is 4.74 Å². The van der Waals surface area contributed by atoms with Crippen LogP contribution in [0.2, 0.25) is 0 Å². The molecule has 0 amide bonds. The molecule has 3 atom stereocenters. The van der Waals surface area contributed by atoms with Crippen LogP contribution >= 0.6 is 0 Å². The molecule has 0 aliphatic heterocycles. The Kier molecular flexibility index (Phi) is 1.31. The van der Waals surface area contributed by atoms with E-state index < -0.39 is 0 Å². The lowest BCUT2D eigenvalue weighted by molar-refractivity contribution is -0.113. The maximum atomic E-state index is 11.0. The van der Waals surface area contributed by atoms with E-state index in [1.165, 1.54) is 6.42 Å². The molecule has 10 heavy (non-hydrogen) atoms. The van der Waals surface area contributed by atoms with Crippen molar-refractivity contribution in [2.24, 2.45) is 11.8 Å². The lowest BCUT2D eigenvalue weighted by Crippen LogP contribution is -2.18. The van der Waals surface area contributed by atoms with Crippen molar-refractivity contribution in [2.75, 3.05) is 7.11 Å². The number of methoxy groups -OCH3 is 1. The maximum Gasteiger partial charge on any atom is 0.143 e. The Hall–Kier alpha value is -0.370. The van der Waals surface area contributed by atoms with E-state index in [1.807, 2.05) is 0 Å². The van der Waals surface area contributed by atoms with Gasteiger partial charge in [-0.25, -0.2) is 0 Å². The molecule has 0 radical (unpaired) electrons. The molecule has 0 heterocycles. The molecule has 0 spiro atoms. The maximum absolute atomic E-state index is 11.0. The highest BCUT2D eigenvalue weighted by molar-refractivity contribution is 6.00. The normalized spacial score (nSPS) is 44.9. The van der Waals surface area contributed by atoms with Crippen LogP contribution in [0.1, 0.15) is 19.3 Å². The Bertz CT molecular complexity index is 165. The summed E-state index contributed by atoms with van der Waals surface area (Å²) in [4.78, 5) is 11.0. The van der Waals surface area contributed by atoms with Gasteiger partial charge in [0.2, 0.25) is 0 Å². The van der Waals surface area contributed by atoms with Gasteiger partial charge in [0.25, 0.3) is 0 Å². The number of hydrogen-bond donors (Lipinski definition) is 0. The standard InChI is InChI=1S/C8H12O2/c1-10-6-4-2-3-5-7(6)8(5)9/h5-7H,2-4H2,1H3. The van der Waals surface area contributed by atoms with Crippen LogP contribution in [0.25, 0.3) is 0 Å². The first-order chi connectivity index (χ1) is 4.84. The van der Waals surface area contributed by atoms with Gasteiger partial charge in [-0.2, -0.15) is 0 Å². The lowest BCUT2D eigenvalue weighted by Gasteiger charge is -2.17. The average molecular weight is 140 g/mol. The Morgan fingerprint density at radius 1 is 1.50 bits per heavy atom. The van der Waals surface area contributed by atoms with E-state index in [2.05, 4.69) is 0 Å². The second-order valence-corrected chi connectivity index (χ2v) is 3.24. The molecule has 2 aliphatic rings. The topological polar surface area (TPSA) is 26.3 Å². The van der Waals surface area contributed by atoms with Crippen LogP contribution in [0, 0.1) is 11.8 Å². The van der Waals surface area contributed by atoms with Crippen LogP contribution in [0.15, 0.2) is 0 Å². The van der Waals surface area contributed by atoms with E-state index in [-0.39, 0.29) is 6.10 Å². The minimum absolute atomic E-state index is 0.256. The lowest BCUT2D eigenvalue weighted by atomic mass is 9.98. The van der Waals surface area contributed by atoms with Gasteiger partial charge in [0, 0.05) is 13.0 Å². The highest BCUT2D eigenvalue weighted by Crippen LogP contribution is 2.46. The van der Waals surface area contributed by atoms with Crippen molar-refractivity contribution in [1.82, 2.24) is 0 Å². The van der Waals surface area contributed by atoms with Crippen LogP contribution in [0.3, 0.4) is 0 Å². The van der Waals surface area contributed by atoms with Crippen molar-refractivity contribution < 1.29 is 9.53 Å². The largest absolute Gasteiger partial charge is 0.381 e. The monoisotopic (exact) mass is 140 g/mol. The Morgan fingerprint density at radius 2 is 2.30 bits per heavy atom. The smallest absolute Gasteiger partial charge is 0.143 e. The highest BCUT2D eigenvalue weighted by Gasteiger charge is 2.55. The van der Waals surface area contributed by atoms with Crippen molar-refractivity contribution in [1.29, 1.82) is 0 Å². The highest BCUT2D eigenvalue weighted by atomic mass is 16.5. The third-order valence-electron chi connectivity index (χ3n) is 2.73. The summed E-state index contributed by atoms with van der Waals surface area (Å²) in [5.74, 6) is 1.13. The van der Waals surface area contributed by atoms with E-state index in [0.717, 1.165) is 12.8 Å². The second-order valence-electron chi connectivity index (χ2n) is 3.24. The molecule has 2 fully saturated rings. The Balaban J connectivity index is 2.04. The fourth-order valence-corrected chi connectivity index (χ4v) is 2.06. The number of hydrogen-bond acceptors (Lipinski definition) is 2. The van der Waals surface area contributed by atoms with Gasteiger partial charge in [-0.3, -0.25) is 4.79 Å². The molecule has 0 N–H and O–H groups in total. The molecule has 3 unspecified atom stereocenters. The molecule has 0 bridgehead atoms. The van der Waals surface area contributed by atoms with Gasteiger partial charge in [-0.1, -0.05) is 6.42 Å². The predicted octanol–water partition coefficient (Wildman–Crippen LogP) is 1.00. The van der Waals surface area contributed by atoms with Crippen molar-refractivity contribution in [3.8, 4) is 0 Å². The second kappa shape index (κ2) is 2.06. The minimum atomic E-state index is 0.256. The summed E-state index contributed by atoms with van der Waals surface area (Å²) in [6.45, 7) is 0. The molecule has 0 aromatic rings. The molecule has 0 saturated heterocycles. The number of ketones is 1. The quantitative estimate of drug-likeness (QED) is 0.543. The molecule has 56 valence electrons. The van der Waals surface area contributed by atoms with Gasteiger partial charge in [0.15, 0.2) is 0 Å². The summed E-state index contributed by atoms with van der Waals surface area (Å²) in [5.41, 5.74) is 0. The van der Waals surface area contributed by atoms with Gasteiger partial charge >= 0.3 is 0 Å². The number of Topliss-reactive ketones (excluding diaryl/α,β-unsaturated/α-hetero) is 1. The number of carbonyl (C=O) groups is 1. The summed E-state index contributed by atoms with van der Waals surface area (Å²) in [6.07, 6.45) is 3.63. The van der Waals surface area contributed by atoms with Gasteiger partial charge in [-0.05, 0) is 12.8 Å². The SMILES string of the molecule is COC1CCCC2C(=O)C12. The van der Waals surface area contributed by atoms with Gasteiger partial charge in [0.1, 0.15) is 5.78 Å². The average Bonchev–Trinajstić information content (AvgIpc) is 2.63. The number of fused-ring (bicyclic) bond motifs is 1. The van der Waals surface area contributed by atoms with Crippen molar-refractivity contribution >= 4 is 5.78 Å². The van der Waals surface area contributed by atoms with Crippen LogP contribution < -0.4 is 0 Å². The van der Waals surface area contributed by atoms with Crippen LogP contribution in [0.4, 0.5) is 0 Å². The summed E-state index contributed by atoms with van der Waals surface area (Å²) in [7, 11) is 1.71. The van der Waals surface area contributed by atoms with Crippen LogP contribution in [0.5, 0.6) is 0 Å². The molecular weight excluding hydrogens is 128 g/mol. The molecule has 2 nitrogen and oxygen atoms in total. The molecular formula is C8H12O2. The third kappa shape index (κ3) is 0.717. The van der Waals surface area contributed by atoms with Crippen molar-refractivity contribution in [3.05, 3.63) is 0 Å². The third-order valence-corrected chi connectivity index (χ3v) is 2.73. The zero-order valence-corrected chi connectivity index (χ0v) is 6.17. The predicted molar refractivity (Wildman–Crippen MR) is 36.6 cm³/mol. The van der Waals surface area contributed by atoms with E-state index in [9.17, 15) is 4.79 Å². The molecule has 2 saturated carbocycles. The number of ether oxygens (including phenoxy) is 1. The first kappa shape index (κ1) is 6.35. The zero-order chi connectivity index (χ0) is 7.14.